The largest absolute Gasteiger partial charge is 0.395 e. The molecule has 3 N–H and O–H groups in total. The maximum Gasteiger partial charge on any atom is 0.137 e. The fraction of sp³-hybridized carbons (Fsp3) is 0.211. The van der Waals surface area contributed by atoms with Crippen LogP contribution < -0.4 is 10.2 Å². The lowest BCUT2D eigenvalue weighted by Gasteiger charge is -2.18. The van der Waals surface area contributed by atoms with Gasteiger partial charge in [0.05, 0.1) is 35.6 Å². The molecule has 4 rings (SSSR count). The summed E-state index contributed by atoms with van der Waals surface area (Å²) in [6.07, 6.45) is 1.96. The molecule has 2 heterocycles. The fourth-order valence-corrected chi connectivity index (χ4v) is 3.27. The SMILES string of the molecule is OCCN1C(=Cc2nc3ccccc3n2CCO)Nc2ccccc21. The van der Waals surface area contributed by atoms with Crippen LogP contribution in [0.25, 0.3) is 17.1 Å². The van der Waals surface area contributed by atoms with Gasteiger partial charge in [0.25, 0.3) is 0 Å². The standard InChI is InChI=1S/C19H20N4O2/c24-11-9-22-16-7-3-1-5-14(16)20-18(22)13-19-21-15-6-2-4-8-17(15)23(19)10-12-25/h1-8,13,20,24-25H,9-12H2. The molecule has 0 saturated heterocycles. The monoisotopic (exact) mass is 336 g/mol. The summed E-state index contributed by atoms with van der Waals surface area (Å²) in [4.78, 5) is 6.74. The van der Waals surface area contributed by atoms with Crippen molar-refractivity contribution >= 4 is 28.5 Å². The third-order valence-electron chi connectivity index (χ3n) is 4.35. The van der Waals surface area contributed by atoms with E-state index < -0.39 is 0 Å². The molecule has 0 aliphatic carbocycles. The number of aliphatic hydroxyl groups is 2. The van der Waals surface area contributed by atoms with Crippen LogP contribution in [0.1, 0.15) is 5.82 Å². The predicted octanol–water partition coefficient (Wildman–Crippen LogP) is 2.25. The summed E-state index contributed by atoms with van der Waals surface area (Å²) >= 11 is 0. The van der Waals surface area contributed by atoms with Crippen LogP contribution in [0.3, 0.4) is 0 Å². The van der Waals surface area contributed by atoms with Gasteiger partial charge < -0.3 is 25.0 Å². The van der Waals surface area contributed by atoms with Gasteiger partial charge in [0.15, 0.2) is 0 Å². The molecule has 0 unspecified atom stereocenters. The Kier molecular flexibility index (Phi) is 4.13. The van der Waals surface area contributed by atoms with Crippen molar-refractivity contribution < 1.29 is 10.2 Å². The van der Waals surface area contributed by atoms with Crippen molar-refractivity contribution in [2.24, 2.45) is 0 Å². The molecule has 0 saturated carbocycles. The lowest BCUT2D eigenvalue weighted by Crippen LogP contribution is -2.24. The van der Waals surface area contributed by atoms with Crippen LogP contribution >= 0.6 is 0 Å². The highest BCUT2D eigenvalue weighted by Gasteiger charge is 2.23. The van der Waals surface area contributed by atoms with E-state index in [1.807, 2.05) is 64.1 Å². The number of aliphatic hydroxyl groups excluding tert-OH is 2. The Morgan fingerprint density at radius 3 is 2.56 bits per heavy atom. The summed E-state index contributed by atoms with van der Waals surface area (Å²) < 4.78 is 2.00. The van der Waals surface area contributed by atoms with Gasteiger partial charge in [-0.15, -0.1) is 0 Å². The fourth-order valence-electron chi connectivity index (χ4n) is 3.27. The minimum atomic E-state index is 0.0462. The van der Waals surface area contributed by atoms with Gasteiger partial charge in [0.2, 0.25) is 0 Å². The van der Waals surface area contributed by atoms with Crippen LogP contribution in [0.15, 0.2) is 54.4 Å². The molecule has 0 atom stereocenters. The van der Waals surface area contributed by atoms with E-state index in [4.69, 9.17) is 4.98 Å². The van der Waals surface area contributed by atoms with E-state index in [9.17, 15) is 10.2 Å². The van der Waals surface area contributed by atoms with Gasteiger partial charge in [0, 0.05) is 19.2 Å². The van der Waals surface area contributed by atoms with Crippen molar-refractivity contribution in [2.75, 3.05) is 30.0 Å². The van der Waals surface area contributed by atoms with Crippen molar-refractivity contribution in [3.63, 3.8) is 0 Å². The number of β-amino-alcohol motifs (C(OH)–C–C–N with tert-alkyl or cyclic N) is 1. The topological polar surface area (TPSA) is 73.5 Å². The summed E-state index contributed by atoms with van der Waals surface area (Å²) in [6, 6.07) is 15.9. The molecule has 128 valence electrons. The average Bonchev–Trinajstić information content (AvgIpc) is 3.15. The molecule has 0 bridgehead atoms. The number of hydrogen-bond acceptors (Lipinski definition) is 5. The number of anilines is 2. The maximum absolute atomic E-state index is 9.44. The van der Waals surface area contributed by atoms with Crippen molar-refractivity contribution in [2.45, 2.75) is 6.54 Å². The lowest BCUT2D eigenvalue weighted by atomic mass is 10.2. The van der Waals surface area contributed by atoms with Gasteiger partial charge in [-0.2, -0.15) is 0 Å². The molecular formula is C19H20N4O2. The zero-order valence-corrected chi connectivity index (χ0v) is 13.8. The van der Waals surface area contributed by atoms with Crippen LogP contribution in [0.4, 0.5) is 11.4 Å². The van der Waals surface area contributed by atoms with E-state index in [1.54, 1.807) is 0 Å². The minimum absolute atomic E-state index is 0.0462. The van der Waals surface area contributed by atoms with Crippen LogP contribution in [0.5, 0.6) is 0 Å². The highest BCUT2D eigenvalue weighted by molar-refractivity contribution is 5.85. The van der Waals surface area contributed by atoms with Crippen LogP contribution in [0, 0.1) is 0 Å². The van der Waals surface area contributed by atoms with Crippen molar-refractivity contribution in [1.29, 1.82) is 0 Å². The Labute approximate surface area is 145 Å². The molecule has 6 heteroatoms. The first kappa shape index (κ1) is 15.7. The summed E-state index contributed by atoms with van der Waals surface area (Å²) in [5.41, 5.74) is 3.93. The first-order chi connectivity index (χ1) is 12.3. The molecule has 6 nitrogen and oxygen atoms in total. The Balaban J connectivity index is 1.80. The van der Waals surface area contributed by atoms with E-state index in [0.29, 0.717) is 13.1 Å². The van der Waals surface area contributed by atoms with Gasteiger partial charge in [-0.1, -0.05) is 24.3 Å². The minimum Gasteiger partial charge on any atom is -0.395 e. The predicted molar refractivity (Wildman–Crippen MR) is 99.3 cm³/mol. The molecule has 0 fully saturated rings. The number of para-hydroxylation sites is 4. The van der Waals surface area contributed by atoms with Gasteiger partial charge in [-0.25, -0.2) is 4.98 Å². The number of benzene rings is 2. The molecule has 2 aromatic carbocycles. The Morgan fingerprint density at radius 2 is 1.72 bits per heavy atom. The first-order valence-electron chi connectivity index (χ1n) is 8.34. The van der Waals surface area contributed by atoms with Gasteiger partial charge in [0.1, 0.15) is 11.6 Å². The number of hydrogen-bond donors (Lipinski definition) is 3. The van der Waals surface area contributed by atoms with E-state index in [-0.39, 0.29) is 13.2 Å². The number of rotatable bonds is 5. The maximum atomic E-state index is 9.44. The van der Waals surface area contributed by atoms with Crippen LogP contribution in [0.2, 0.25) is 0 Å². The summed E-state index contributed by atoms with van der Waals surface area (Å²) in [5, 5.41) is 22.3. The van der Waals surface area contributed by atoms with Crippen LogP contribution in [-0.2, 0) is 6.54 Å². The Bertz CT molecular complexity index is 932. The van der Waals surface area contributed by atoms with E-state index in [1.165, 1.54) is 0 Å². The normalized spacial score (nSPS) is 15.0. The molecule has 25 heavy (non-hydrogen) atoms. The summed E-state index contributed by atoms with van der Waals surface area (Å²) in [5.74, 6) is 1.64. The highest BCUT2D eigenvalue weighted by Crippen LogP contribution is 2.36. The average molecular weight is 336 g/mol. The number of aromatic nitrogens is 2. The molecule has 3 aromatic rings. The number of nitrogens with one attached hydrogen (secondary N) is 1. The molecule has 0 spiro atoms. The highest BCUT2D eigenvalue weighted by atomic mass is 16.3. The Morgan fingerprint density at radius 1 is 0.960 bits per heavy atom. The second kappa shape index (κ2) is 6.58. The number of imidazole rings is 1. The molecular weight excluding hydrogens is 316 g/mol. The van der Waals surface area contributed by atoms with E-state index >= 15 is 0 Å². The lowest BCUT2D eigenvalue weighted by molar-refractivity contribution is 0.277. The van der Waals surface area contributed by atoms with Crippen molar-refractivity contribution in [1.82, 2.24) is 9.55 Å². The second-order valence-corrected chi connectivity index (χ2v) is 5.88. The smallest absolute Gasteiger partial charge is 0.137 e. The van der Waals surface area contributed by atoms with E-state index in [0.717, 1.165) is 34.1 Å². The molecule has 1 aliphatic rings. The summed E-state index contributed by atoms with van der Waals surface area (Å²) in [7, 11) is 0. The van der Waals surface area contributed by atoms with Crippen molar-refractivity contribution in [3.8, 4) is 0 Å². The molecule has 0 radical (unpaired) electrons. The van der Waals surface area contributed by atoms with Gasteiger partial charge in [-0.3, -0.25) is 0 Å². The number of nitrogens with zero attached hydrogens (tertiary/aromatic N) is 3. The zero-order chi connectivity index (χ0) is 17.2. The van der Waals surface area contributed by atoms with E-state index in [2.05, 4.69) is 5.32 Å². The molecule has 1 aromatic heterocycles. The number of fused-ring (bicyclic) bond motifs is 2. The molecule has 0 amide bonds. The molecule has 1 aliphatic heterocycles. The second-order valence-electron chi connectivity index (χ2n) is 5.88. The third-order valence-corrected chi connectivity index (χ3v) is 4.35. The quantitative estimate of drug-likeness (QED) is 0.666. The van der Waals surface area contributed by atoms with Crippen LogP contribution in [-0.4, -0.2) is 39.5 Å². The zero-order valence-electron chi connectivity index (χ0n) is 13.8. The Hall–Kier alpha value is -2.83. The van der Waals surface area contributed by atoms with Crippen molar-refractivity contribution in [3.05, 3.63) is 60.2 Å². The van der Waals surface area contributed by atoms with Gasteiger partial charge >= 0.3 is 0 Å². The first-order valence-corrected chi connectivity index (χ1v) is 8.34. The summed E-state index contributed by atoms with van der Waals surface area (Å²) in [6.45, 7) is 1.08. The third kappa shape index (κ3) is 2.75. The van der Waals surface area contributed by atoms with Gasteiger partial charge in [-0.05, 0) is 24.3 Å².